The summed E-state index contributed by atoms with van der Waals surface area (Å²) >= 11 is 0. The number of carbonyl (C=O) groups excluding carboxylic acids is 1. The summed E-state index contributed by atoms with van der Waals surface area (Å²) in [5.74, 6) is -0.393. The fourth-order valence-corrected chi connectivity index (χ4v) is 2.44. The zero-order valence-corrected chi connectivity index (χ0v) is 14.1. The molecule has 0 fully saturated rings. The molecule has 3 aromatic rings. The number of aromatic nitrogens is 1. The number of amides is 1. The SMILES string of the molecule is C=C(N)N/N=C(\C)c1ccc(NC(=O)c2cc3cc(F)ccc3[nH]2)cc1. The number of hydrogen-bond donors (Lipinski definition) is 4. The van der Waals surface area contributed by atoms with Crippen LogP contribution in [0.25, 0.3) is 10.9 Å². The first-order valence-corrected chi connectivity index (χ1v) is 7.87. The van der Waals surface area contributed by atoms with Gasteiger partial charge in [0.1, 0.15) is 17.3 Å². The van der Waals surface area contributed by atoms with Crippen LogP contribution in [0.4, 0.5) is 10.1 Å². The maximum Gasteiger partial charge on any atom is 0.272 e. The van der Waals surface area contributed by atoms with Gasteiger partial charge in [-0.15, -0.1) is 0 Å². The van der Waals surface area contributed by atoms with Crippen molar-refractivity contribution in [1.82, 2.24) is 10.4 Å². The summed E-state index contributed by atoms with van der Waals surface area (Å²) in [6.45, 7) is 5.33. The number of aromatic amines is 1. The molecular formula is C19H18FN5O. The number of fused-ring (bicyclic) bond motifs is 1. The first kappa shape index (κ1) is 17.2. The van der Waals surface area contributed by atoms with Gasteiger partial charge in [0.2, 0.25) is 0 Å². The Hall–Kier alpha value is -3.61. The van der Waals surface area contributed by atoms with Gasteiger partial charge in [0.15, 0.2) is 0 Å². The first-order chi connectivity index (χ1) is 12.4. The summed E-state index contributed by atoms with van der Waals surface area (Å²) in [6.07, 6.45) is 0. The second kappa shape index (κ2) is 7.10. The van der Waals surface area contributed by atoms with E-state index in [9.17, 15) is 9.18 Å². The molecule has 0 aliphatic rings. The molecule has 0 aliphatic heterocycles. The highest BCUT2D eigenvalue weighted by Gasteiger charge is 2.10. The normalized spacial score (nSPS) is 11.4. The van der Waals surface area contributed by atoms with E-state index >= 15 is 0 Å². The molecule has 0 spiro atoms. The van der Waals surface area contributed by atoms with Crippen LogP contribution in [0.3, 0.4) is 0 Å². The second-order valence-corrected chi connectivity index (χ2v) is 5.78. The van der Waals surface area contributed by atoms with E-state index in [1.807, 2.05) is 19.1 Å². The lowest BCUT2D eigenvalue weighted by atomic mass is 10.1. The molecular weight excluding hydrogens is 333 g/mol. The molecule has 6 nitrogen and oxygen atoms in total. The lowest BCUT2D eigenvalue weighted by Gasteiger charge is -2.06. The molecule has 5 N–H and O–H groups in total. The maximum absolute atomic E-state index is 13.3. The van der Waals surface area contributed by atoms with E-state index in [-0.39, 0.29) is 17.5 Å². The van der Waals surface area contributed by atoms with Crippen molar-refractivity contribution in [3.63, 3.8) is 0 Å². The molecule has 0 aliphatic carbocycles. The number of rotatable bonds is 5. The Kier molecular flexibility index (Phi) is 4.70. The highest BCUT2D eigenvalue weighted by molar-refractivity contribution is 6.06. The van der Waals surface area contributed by atoms with Crippen LogP contribution in [0.2, 0.25) is 0 Å². The minimum absolute atomic E-state index is 0.256. The van der Waals surface area contributed by atoms with Crippen molar-refractivity contribution in [2.24, 2.45) is 10.8 Å². The van der Waals surface area contributed by atoms with Gasteiger partial charge in [0.25, 0.3) is 5.91 Å². The molecule has 0 saturated carbocycles. The van der Waals surface area contributed by atoms with E-state index in [4.69, 9.17) is 5.73 Å². The van der Waals surface area contributed by atoms with Crippen LogP contribution in [0.5, 0.6) is 0 Å². The van der Waals surface area contributed by atoms with Gasteiger partial charge in [-0.2, -0.15) is 5.10 Å². The van der Waals surface area contributed by atoms with Gasteiger partial charge in [0, 0.05) is 16.6 Å². The number of benzene rings is 2. The van der Waals surface area contributed by atoms with E-state index < -0.39 is 0 Å². The Morgan fingerprint density at radius 3 is 2.62 bits per heavy atom. The van der Waals surface area contributed by atoms with Crippen LogP contribution in [-0.2, 0) is 0 Å². The number of hydrogen-bond acceptors (Lipinski definition) is 4. The van der Waals surface area contributed by atoms with E-state index in [0.717, 1.165) is 11.3 Å². The average Bonchev–Trinajstić information content (AvgIpc) is 3.03. The van der Waals surface area contributed by atoms with Crippen LogP contribution < -0.4 is 16.5 Å². The third kappa shape index (κ3) is 3.89. The van der Waals surface area contributed by atoms with Gasteiger partial charge in [-0.1, -0.05) is 18.7 Å². The molecule has 0 bridgehead atoms. The van der Waals surface area contributed by atoms with Crippen LogP contribution >= 0.6 is 0 Å². The predicted octanol–water partition coefficient (Wildman–Crippen LogP) is 3.30. The first-order valence-electron chi connectivity index (χ1n) is 7.87. The third-order valence-corrected chi connectivity index (χ3v) is 3.76. The molecule has 0 atom stereocenters. The van der Waals surface area contributed by atoms with Crippen LogP contribution in [0, 0.1) is 5.82 Å². The fraction of sp³-hybridized carbons (Fsp3) is 0.0526. The molecule has 26 heavy (non-hydrogen) atoms. The Morgan fingerprint density at radius 1 is 1.19 bits per heavy atom. The summed E-state index contributed by atoms with van der Waals surface area (Å²) in [4.78, 5) is 15.3. The van der Waals surface area contributed by atoms with Crippen molar-refractivity contribution in [3.8, 4) is 0 Å². The Morgan fingerprint density at radius 2 is 1.92 bits per heavy atom. The number of H-pyrrole nitrogens is 1. The minimum Gasteiger partial charge on any atom is -0.385 e. The monoisotopic (exact) mass is 351 g/mol. The van der Waals surface area contributed by atoms with Gasteiger partial charge >= 0.3 is 0 Å². The van der Waals surface area contributed by atoms with Gasteiger partial charge in [-0.3, -0.25) is 10.2 Å². The zero-order valence-electron chi connectivity index (χ0n) is 14.1. The molecule has 0 saturated heterocycles. The predicted molar refractivity (Wildman–Crippen MR) is 101 cm³/mol. The smallest absolute Gasteiger partial charge is 0.272 e. The Bertz CT molecular complexity index is 1000. The molecule has 1 heterocycles. The molecule has 132 valence electrons. The zero-order chi connectivity index (χ0) is 18.7. The average molecular weight is 351 g/mol. The highest BCUT2D eigenvalue weighted by atomic mass is 19.1. The van der Waals surface area contributed by atoms with Gasteiger partial charge in [0.05, 0.1) is 5.71 Å². The molecule has 1 amide bonds. The van der Waals surface area contributed by atoms with E-state index in [0.29, 0.717) is 22.3 Å². The second-order valence-electron chi connectivity index (χ2n) is 5.78. The molecule has 0 radical (unpaired) electrons. The lowest BCUT2D eigenvalue weighted by molar-refractivity contribution is 0.102. The quantitative estimate of drug-likeness (QED) is 0.419. The number of halogens is 1. The minimum atomic E-state index is -0.344. The van der Waals surface area contributed by atoms with Crippen LogP contribution in [0.15, 0.2) is 66.0 Å². The van der Waals surface area contributed by atoms with Gasteiger partial charge < -0.3 is 16.0 Å². The van der Waals surface area contributed by atoms with E-state index in [1.54, 1.807) is 24.3 Å². The number of nitrogens with one attached hydrogen (secondary N) is 3. The number of nitrogens with zero attached hydrogens (tertiary/aromatic N) is 1. The van der Waals surface area contributed by atoms with Crippen LogP contribution in [0.1, 0.15) is 23.0 Å². The van der Waals surface area contributed by atoms with Crippen molar-refractivity contribution in [1.29, 1.82) is 0 Å². The fourth-order valence-electron chi connectivity index (χ4n) is 2.44. The summed E-state index contributed by atoms with van der Waals surface area (Å²) in [5, 5.41) is 7.52. The molecule has 1 aromatic heterocycles. The highest BCUT2D eigenvalue weighted by Crippen LogP contribution is 2.18. The van der Waals surface area contributed by atoms with Gasteiger partial charge in [-0.05, 0) is 48.9 Å². The number of nitrogens with two attached hydrogens (primary N) is 1. The molecule has 2 aromatic carbocycles. The summed E-state index contributed by atoms with van der Waals surface area (Å²) in [5.41, 5.74) is 11.3. The van der Waals surface area contributed by atoms with Crippen LogP contribution in [-0.4, -0.2) is 16.6 Å². The van der Waals surface area contributed by atoms with Crippen molar-refractivity contribution in [3.05, 3.63) is 78.0 Å². The van der Waals surface area contributed by atoms with E-state index in [1.165, 1.54) is 12.1 Å². The maximum atomic E-state index is 13.3. The third-order valence-electron chi connectivity index (χ3n) is 3.76. The summed E-state index contributed by atoms with van der Waals surface area (Å²) in [6, 6.07) is 13.1. The summed E-state index contributed by atoms with van der Waals surface area (Å²) in [7, 11) is 0. The molecule has 0 unspecified atom stereocenters. The topological polar surface area (TPSA) is 95.3 Å². The standard InChI is InChI=1S/C19H18FN5O/c1-11(24-25-12(2)21)13-3-6-16(7-4-13)22-19(26)18-10-14-9-15(20)5-8-17(14)23-18/h3-10,23,25H,2,21H2,1H3,(H,22,26)/b24-11+. The number of hydrazone groups is 1. The van der Waals surface area contributed by atoms with Gasteiger partial charge in [-0.25, -0.2) is 4.39 Å². The number of carbonyl (C=O) groups is 1. The van der Waals surface area contributed by atoms with Crippen molar-refractivity contribution in [2.45, 2.75) is 6.92 Å². The van der Waals surface area contributed by atoms with Crippen molar-refractivity contribution >= 4 is 28.2 Å². The van der Waals surface area contributed by atoms with E-state index in [2.05, 4.69) is 27.4 Å². The Labute approximate surface area is 149 Å². The molecule has 7 heteroatoms. The van der Waals surface area contributed by atoms with Crippen molar-refractivity contribution in [2.75, 3.05) is 5.32 Å². The lowest BCUT2D eigenvalue weighted by Crippen LogP contribution is -2.15. The number of anilines is 1. The largest absolute Gasteiger partial charge is 0.385 e. The molecule has 3 rings (SSSR count). The van der Waals surface area contributed by atoms with Crippen molar-refractivity contribution < 1.29 is 9.18 Å². The summed E-state index contributed by atoms with van der Waals surface area (Å²) < 4.78 is 13.3. The Balaban J connectivity index is 1.72.